The van der Waals surface area contributed by atoms with Crippen LogP contribution < -0.4 is 4.74 Å². The Bertz CT molecular complexity index is 2350. The molecule has 1 aliphatic heterocycles. The number of hydrogen-bond donors (Lipinski definition) is 2. The molecule has 0 fully saturated rings. The number of carbonyl (C=O) groups is 1. The van der Waals surface area contributed by atoms with Gasteiger partial charge in [-0.15, -0.1) is 11.3 Å². The maximum atomic E-state index is 12.1. The van der Waals surface area contributed by atoms with Crippen LogP contribution in [0.4, 0.5) is 0 Å². The Morgan fingerprint density at radius 3 is 2.58 bits per heavy atom. The molecule has 4 heterocycles. The molecule has 4 aromatic carbocycles. The highest BCUT2D eigenvalue weighted by atomic mass is 32.1. The fourth-order valence-corrected chi connectivity index (χ4v) is 7.43. The number of ether oxygens (including phenoxy) is 1. The van der Waals surface area contributed by atoms with Gasteiger partial charge in [0.1, 0.15) is 10.8 Å². The van der Waals surface area contributed by atoms with E-state index in [1.807, 2.05) is 55.3 Å². The van der Waals surface area contributed by atoms with E-state index < -0.39 is 11.6 Å². The van der Waals surface area contributed by atoms with Gasteiger partial charge in [0, 0.05) is 47.1 Å². The van der Waals surface area contributed by atoms with Crippen LogP contribution in [0.15, 0.2) is 79.1 Å². The van der Waals surface area contributed by atoms with Crippen molar-refractivity contribution in [2.45, 2.75) is 46.1 Å². The number of aromatic nitrogens is 4. The molecule has 0 radical (unpaired) electrons. The first-order valence-electron chi connectivity index (χ1n) is 15.9. The molecule has 0 unspecified atom stereocenters. The van der Waals surface area contributed by atoms with Crippen molar-refractivity contribution in [1.82, 2.24) is 19.7 Å². The topological polar surface area (TPSA) is 110 Å². The number of hydrogen-bond acceptors (Lipinski definition) is 7. The van der Waals surface area contributed by atoms with E-state index in [1.165, 1.54) is 5.56 Å². The number of carboxylic acid groups (broad SMARTS) is 1. The number of thiazole rings is 1. The highest BCUT2D eigenvalue weighted by molar-refractivity contribution is 7.22. The van der Waals surface area contributed by atoms with Crippen LogP contribution in [0, 0.1) is 6.92 Å². The van der Waals surface area contributed by atoms with E-state index in [0.29, 0.717) is 6.61 Å². The summed E-state index contributed by atoms with van der Waals surface area (Å²) < 4.78 is 8.81. The summed E-state index contributed by atoms with van der Waals surface area (Å²) >= 11 is 1.59. The van der Waals surface area contributed by atoms with E-state index in [4.69, 9.17) is 19.8 Å². The molecule has 0 amide bonds. The summed E-state index contributed by atoms with van der Waals surface area (Å²) in [6, 6.07) is 22.9. The number of fused-ring (bicyclic) bond motifs is 2. The molecule has 1 aliphatic rings. The Kier molecular flexibility index (Phi) is 7.97. The van der Waals surface area contributed by atoms with Gasteiger partial charge in [-0.05, 0) is 98.0 Å². The summed E-state index contributed by atoms with van der Waals surface area (Å²) in [5, 5.41) is 25.8. The van der Waals surface area contributed by atoms with E-state index in [0.717, 1.165) is 88.1 Å². The zero-order valence-corrected chi connectivity index (χ0v) is 28.4. The van der Waals surface area contributed by atoms with E-state index in [9.17, 15) is 9.90 Å². The molecule has 0 atom stereocenters. The second kappa shape index (κ2) is 12.2. The van der Waals surface area contributed by atoms with Gasteiger partial charge in [-0.3, -0.25) is 14.5 Å². The number of rotatable bonds is 5. The number of benzene rings is 4. The highest BCUT2D eigenvalue weighted by Crippen LogP contribution is 2.45. The Morgan fingerprint density at radius 2 is 1.79 bits per heavy atom. The Balaban J connectivity index is 0.000000681. The van der Waals surface area contributed by atoms with E-state index in [2.05, 4.69) is 47.6 Å². The minimum Gasteiger partial charge on any atom is -0.493 e. The van der Waals surface area contributed by atoms with Crippen LogP contribution in [0.2, 0.25) is 0 Å². The van der Waals surface area contributed by atoms with Crippen molar-refractivity contribution in [3.05, 3.63) is 95.8 Å². The standard InChI is InChI=1S/C35H26N4O3S.C4H10O/c1-19-14-27-34(32(26(19)17-30(40)41)25-7-9-29-31-20(11-13-42-29)10-12-36-33(25)31)43-35(38-27)23-5-3-4-21(15-23)22-6-8-28-24(16-22)18-37-39(28)2;1-4(2,3)5/h3-10,12,14-16,18H,11,13,17H2,1-2H3,(H,40,41);5H,1-3H3. The predicted molar refractivity (Wildman–Crippen MR) is 193 cm³/mol. The molecule has 48 heavy (non-hydrogen) atoms. The molecule has 8 nitrogen and oxygen atoms in total. The van der Waals surface area contributed by atoms with E-state index >= 15 is 0 Å². The van der Waals surface area contributed by atoms with Gasteiger partial charge in [0.05, 0.1) is 46.1 Å². The third kappa shape index (κ3) is 6.03. The van der Waals surface area contributed by atoms with Crippen LogP contribution in [0.3, 0.4) is 0 Å². The van der Waals surface area contributed by atoms with Gasteiger partial charge in [-0.25, -0.2) is 4.98 Å². The van der Waals surface area contributed by atoms with Crippen molar-refractivity contribution in [2.24, 2.45) is 7.05 Å². The molecule has 8 rings (SSSR count). The smallest absolute Gasteiger partial charge is 0.307 e. The lowest BCUT2D eigenvalue weighted by molar-refractivity contribution is -0.136. The quantitative estimate of drug-likeness (QED) is 0.192. The lowest BCUT2D eigenvalue weighted by Gasteiger charge is -2.21. The average molecular weight is 657 g/mol. The summed E-state index contributed by atoms with van der Waals surface area (Å²) in [7, 11) is 1.95. The van der Waals surface area contributed by atoms with Crippen LogP contribution in [0.5, 0.6) is 5.75 Å². The Labute approximate surface area is 282 Å². The molecule has 0 aliphatic carbocycles. The summed E-state index contributed by atoms with van der Waals surface area (Å²) in [4.78, 5) is 22.0. The third-order valence-corrected chi connectivity index (χ3v) is 9.50. The number of aliphatic hydroxyl groups is 1. The monoisotopic (exact) mass is 656 g/mol. The molecule has 9 heteroatoms. The summed E-state index contributed by atoms with van der Waals surface area (Å²) in [6.45, 7) is 7.84. The molecule has 2 N–H and O–H groups in total. The van der Waals surface area contributed by atoms with Gasteiger partial charge in [0.2, 0.25) is 0 Å². The lowest BCUT2D eigenvalue weighted by atomic mass is 9.90. The molecule has 7 aromatic rings. The molecule has 0 bridgehead atoms. The predicted octanol–water partition coefficient (Wildman–Crippen LogP) is 8.38. The maximum absolute atomic E-state index is 12.1. The SMILES string of the molecule is CC(C)(C)O.Cc1cc2nc(-c3cccc(-c4ccc5c(cnn5C)c4)c3)sc2c(-c2ccc3c4c(ccnc24)CCO3)c1CC(=O)O. The minimum atomic E-state index is -0.870. The summed E-state index contributed by atoms with van der Waals surface area (Å²) in [5.74, 6) is -0.0474. The first kappa shape index (κ1) is 31.5. The molecular weight excluding hydrogens is 621 g/mol. The van der Waals surface area contributed by atoms with Gasteiger partial charge in [-0.1, -0.05) is 24.3 Å². The van der Waals surface area contributed by atoms with Gasteiger partial charge in [0.25, 0.3) is 0 Å². The van der Waals surface area contributed by atoms with Crippen LogP contribution >= 0.6 is 11.3 Å². The van der Waals surface area contributed by atoms with Crippen molar-refractivity contribution in [3.8, 4) is 38.6 Å². The average Bonchev–Trinajstić information content (AvgIpc) is 3.64. The Morgan fingerprint density at radius 1 is 1.02 bits per heavy atom. The van der Waals surface area contributed by atoms with E-state index in [1.54, 1.807) is 32.1 Å². The van der Waals surface area contributed by atoms with Crippen molar-refractivity contribution < 1.29 is 19.7 Å². The van der Waals surface area contributed by atoms with Crippen LogP contribution in [-0.4, -0.2) is 48.1 Å². The van der Waals surface area contributed by atoms with E-state index in [-0.39, 0.29) is 6.42 Å². The summed E-state index contributed by atoms with van der Waals surface area (Å²) in [5.41, 5.74) is 10.2. The normalized spacial score (nSPS) is 12.6. The first-order chi connectivity index (χ1) is 22.9. The lowest BCUT2D eigenvalue weighted by Crippen LogP contribution is -2.10. The second-order valence-corrected chi connectivity index (χ2v) is 14.2. The Hall–Kier alpha value is -5.12. The number of pyridine rings is 1. The number of aryl methyl sites for hydroxylation is 2. The fraction of sp³-hybridized carbons (Fsp3) is 0.231. The van der Waals surface area contributed by atoms with Crippen LogP contribution in [0.25, 0.3) is 64.8 Å². The third-order valence-electron chi connectivity index (χ3n) is 8.37. The van der Waals surface area contributed by atoms with Gasteiger partial charge < -0.3 is 14.9 Å². The minimum absolute atomic E-state index is 0.0872. The molecule has 3 aromatic heterocycles. The zero-order chi connectivity index (χ0) is 33.7. The molecule has 0 saturated carbocycles. The number of carboxylic acids is 1. The molecule has 0 spiro atoms. The maximum Gasteiger partial charge on any atom is 0.307 e. The first-order valence-corrected chi connectivity index (χ1v) is 16.7. The summed E-state index contributed by atoms with van der Waals surface area (Å²) in [6.07, 6.45) is 4.45. The highest BCUT2D eigenvalue weighted by Gasteiger charge is 2.24. The zero-order valence-electron chi connectivity index (χ0n) is 27.5. The van der Waals surface area contributed by atoms with Gasteiger partial charge in [0.15, 0.2) is 0 Å². The molecule has 0 saturated heterocycles. The van der Waals surface area contributed by atoms with Crippen molar-refractivity contribution in [2.75, 3.05) is 6.61 Å². The number of aliphatic carboxylic acids is 1. The van der Waals surface area contributed by atoms with Crippen molar-refractivity contribution in [3.63, 3.8) is 0 Å². The fourth-order valence-electron chi connectivity index (χ4n) is 6.30. The largest absolute Gasteiger partial charge is 0.493 e. The van der Waals surface area contributed by atoms with Crippen LogP contribution in [0.1, 0.15) is 37.5 Å². The number of nitrogens with zero attached hydrogens (tertiary/aromatic N) is 4. The van der Waals surface area contributed by atoms with Gasteiger partial charge >= 0.3 is 5.97 Å². The second-order valence-electron chi connectivity index (χ2n) is 13.2. The van der Waals surface area contributed by atoms with Crippen molar-refractivity contribution in [1.29, 1.82) is 0 Å². The van der Waals surface area contributed by atoms with Crippen molar-refractivity contribution >= 4 is 49.3 Å². The van der Waals surface area contributed by atoms with Gasteiger partial charge in [-0.2, -0.15) is 5.10 Å². The molecular formula is C39H36N4O4S. The van der Waals surface area contributed by atoms with Crippen LogP contribution in [-0.2, 0) is 24.7 Å². The molecule has 242 valence electrons.